The summed E-state index contributed by atoms with van der Waals surface area (Å²) in [5, 5.41) is 10.4. The number of carbonyl (C=O) groups is 1. The molecule has 2 aliphatic rings. The number of fused-ring (bicyclic) bond motifs is 1. The van der Waals surface area contributed by atoms with Crippen molar-refractivity contribution in [3.8, 4) is 11.8 Å². The van der Waals surface area contributed by atoms with Crippen LogP contribution in [0.25, 0.3) is 0 Å². The predicted molar refractivity (Wildman–Crippen MR) is 110 cm³/mol. The second-order valence-electron chi connectivity index (χ2n) is 8.44. The SMILES string of the molecule is CC#CC[C@@H](C)[C@H](O)/C=C/[C@H]1[C@H](C)CC2C/C(=C\CCCC(=O)OC)C[C@@H]21. The van der Waals surface area contributed by atoms with Crippen LogP contribution in [0, 0.1) is 41.4 Å². The Hall–Kier alpha value is -1.53. The minimum atomic E-state index is -0.410. The van der Waals surface area contributed by atoms with Crippen LogP contribution >= 0.6 is 0 Å². The molecule has 3 nitrogen and oxygen atoms in total. The fourth-order valence-corrected chi connectivity index (χ4v) is 4.78. The first-order valence-electron chi connectivity index (χ1n) is 10.5. The molecule has 0 aromatic carbocycles. The third-order valence-corrected chi connectivity index (χ3v) is 6.41. The van der Waals surface area contributed by atoms with Crippen LogP contribution < -0.4 is 0 Å². The van der Waals surface area contributed by atoms with Gasteiger partial charge in [-0.15, -0.1) is 11.8 Å². The van der Waals surface area contributed by atoms with Gasteiger partial charge in [-0.2, -0.15) is 0 Å². The first-order valence-corrected chi connectivity index (χ1v) is 10.5. The number of carbonyl (C=O) groups excluding carboxylic acids is 1. The Bertz CT molecular complexity index is 607. The van der Waals surface area contributed by atoms with E-state index in [1.54, 1.807) is 5.57 Å². The van der Waals surface area contributed by atoms with Crippen LogP contribution in [0.5, 0.6) is 0 Å². The molecule has 0 radical (unpaired) electrons. The summed E-state index contributed by atoms with van der Waals surface area (Å²) in [6.07, 6.45) is 13.0. The van der Waals surface area contributed by atoms with Gasteiger partial charge in [0.15, 0.2) is 0 Å². The molecule has 2 fully saturated rings. The number of rotatable bonds is 8. The second kappa shape index (κ2) is 10.7. The number of hydrogen-bond donors (Lipinski definition) is 1. The van der Waals surface area contributed by atoms with Gasteiger partial charge in [0.05, 0.1) is 13.2 Å². The van der Waals surface area contributed by atoms with E-state index in [1.807, 2.05) is 13.0 Å². The zero-order valence-electron chi connectivity index (χ0n) is 17.4. The summed E-state index contributed by atoms with van der Waals surface area (Å²) in [6, 6.07) is 0. The van der Waals surface area contributed by atoms with Crippen LogP contribution in [0.4, 0.5) is 0 Å². The van der Waals surface area contributed by atoms with Gasteiger partial charge in [-0.25, -0.2) is 0 Å². The van der Waals surface area contributed by atoms with Gasteiger partial charge in [0.1, 0.15) is 0 Å². The summed E-state index contributed by atoms with van der Waals surface area (Å²) in [7, 11) is 1.45. The third kappa shape index (κ3) is 6.25. The summed E-state index contributed by atoms with van der Waals surface area (Å²) in [4.78, 5) is 11.2. The lowest BCUT2D eigenvalue weighted by atomic mass is 9.86. The number of methoxy groups -OCH3 is 1. The highest BCUT2D eigenvalue weighted by Gasteiger charge is 2.43. The normalized spacial score (nSPS) is 30.8. The van der Waals surface area contributed by atoms with E-state index >= 15 is 0 Å². The lowest BCUT2D eigenvalue weighted by Gasteiger charge is -2.19. The quantitative estimate of drug-likeness (QED) is 0.285. The summed E-state index contributed by atoms with van der Waals surface area (Å²) < 4.78 is 4.70. The molecule has 0 heterocycles. The Kier molecular flexibility index (Phi) is 8.64. The molecule has 2 rings (SSSR count). The molecule has 6 atom stereocenters. The van der Waals surface area contributed by atoms with Gasteiger partial charge in [-0.05, 0) is 68.6 Å². The molecule has 2 aliphatic carbocycles. The van der Waals surface area contributed by atoms with Gasteiger partial charge < -0.3 is 9.84 Å². The number of allylic oxidation sites excluding steroid dienone is 3. The molecular formula is C24H36O3. The second-order valence-corrected chi connectivity index (χ2v) is 8.44. The molecule has 0 bridgehead atoms. The topological polar surface area (TPSA) is 46.5 Å². The largest absolute Gasteiger partial charge is 0.469 e. The molecule has 150 valence electrons. The molecule has 0 amide bonds. The standard InChI is InChI=1S/C24H36O3/c1-5-6-9-17(2)23(25)13-12-21-18(3)14-20-15-19(16-22(20)21)10-7-8-11-24(26)27-4/h10,12-13,17-18,20-23,25H,7-9,11,14-16H2,1-4H3/b13-12+,19-10+/t17-,18-,20?,21+,22+,23-/m1/s1. The van der Waals surface area contributed by atoms with Crippen molar-refractivity contribution in [2.24, 2.45) is 29.6 Å². The van der Waals surface area contributed by atoms with E-state index in [9.17, 15) is 9.90 Å². The van der Waals surface area contributed by atoms with Crippen LogP contribution in [-0.2, 0) is 9.53 Å². The molecule has 1 N–H and O–H groups in total. The van der Waals surface area contributed by atoms with E-state index in [0.717, 1.165) is 25.2 Å². The number of aliphatic hydroxyl groups excluding tert-OH is 1. The van der Waals surface area contributed by atoms with Gasteiger partial charge in [0.25, 0.3) is 0 Å². The maximum Gasteiger partial charge on any atom is 0.305 e. The highest BCUT2D eigenvalue weighted by molar-refractivity contribution is 5.69. The van der Waals surface area contributed by atoms with Crippen molar-refractivity contribution in [2.75, 3.05) is 7.11 Å². The summed E-state index contributed by atoms with van der Waals surface area (Å²) in [5.74, 6) is 8.77. The highest BCUT2D eigenvalue weighted by Crippen LogP contribution is 2.53. The van der Waals surface area contributed by atoms with E-state index < -0.39 is 6.10 Å². The van der Waals surface area contributed by atoms with Crippen molar-refractivity contribution >= 4 is 5.97 Å². The van der Waals surface area contributed by atoms with Gasteiger partial charge in [0, 0.05) is 12.8 Å². The average Bonchev–Trinajstić information content (AvgIpc) is 3.17. The van der Waals surface area contributed by atoms with Crippen molar-refractivity contribution < 1.29 is 14.6 Å². The Morgan fingerprint density at radius 3 is 2.89 bits per heavy atom. The number of ether oxygens (including phenoxy) is 1. The maximum atomic E-state index is 11.2. The van der Waals surface area contributed by atoms with E-state index in [-0.39, 0.29) is 11.9 Å². The molecule has 1 unspecified atom stereocenters. The van der Waals surface area contributed by atoms with Gasteiger partial charge in [-0.3, -0.25) is 4.79 Å². The summed E-state index contributed by atoms with van der Waals surface area (Å²) in [5.41, 5.74) is 1.56. The van der Waals surface area contributed by atoms with Crippen LogP contribution in [0.15, 0.2) is 23.8 Å². The van der Waals surface area contributed by atoms with E-state index in [2.05, 4.69) is 37.8 Å². The molecule has 27 heavy (non-hydrogen) atoms. The molecule has 2 saturated carbocycles. The van der Waals surface area contributed by atoms with Gasteiger partial charge in [0.2, 0.25) is 0 Å². The predicted octanol–water partition coefficient (Wildman–Crippen LogP) is 4.90. The molecular weight excluding hydrogens is 336 g/mol. The number of hydrogen-bond acceptors (Lipinski definition) is 3. The number of esters is 1. The van der Waals surface area contributed by atoms with Crippen LogP contribution in [0.3, 0.4) is 0 Å². The smallest absolute Gasteiger partial charge is 0.305 e. The monoisotopic (exact) mass is 372 g/mol. The van der Waals surface area contributed by atoms with Crippen molar-refractivity contribution in [1.29, 1.82) is 0 Å². The van der Waals surface area contributed by atoms with Crippen molar-refractivity contribution in [1.82, 2.24) is 0 Å². The maximum absolute atomic E-state index is 11.2. The van der Waals surface area contributed by atoms with Crippen molar-refractivity contribution in [3.05, 3.63) is 23.8 Å². The van der Waals surface area contributed by atoms with E-state index in [4.69, 9.17) is 4.74 Å². The van der Waals surface area contributed by atoms with Crippen LogP contribution in [-0.4, -0.2) is 24.3 Å². The zero-order valence-corrected chi connectivity index (χ0v) is 17.4. The molecule has 0 aliphatic heterocycles. The Morgan fingerprint density at radius 1 is 1.41 bits per heavy atom. The Balaban J connectivity index is 1.87. The fraction of sp³-hybridized carbons (Fsp3) is 0.708. The zero-order chi connectivity index (χ0) is 19.8. The minimum Gasteiger partial charge on any atom is -0.469 e. The van der Waals surface area contributed by atoms with Crippen molar-refractivity contribution in [3.63, 3.8) is 0 Å². The molecule has 3 heteroatoms. The lowest BCUT2D eigenvalue weighted by molar-refractivity contribution is -0.140. The third-order valence-electron chi connectivity index (χ3n) is 6.41. The lowest BCUT2D eigenvalue weighted by Crippen LogP contribution is -2.16. The van der Waals surface area contributed by atoms with Crippen LogP contribution in [0.2, 0.25) is 0 Å². The Morgan fingerprint density at radius 2 is 2.19 bits per heavy atom. The van der Waals surface area contributed by atoms with E-state index in [1.165, 1.54) is 26.4 Å². The fourth-order valence-electron chi connectivity index (χ4n) is 4.78. The first-order chi connectivity index (χ1) is 13.0. The molecule has 0 aromatic heterocycles. The molecule has 0 spiro atoms. The first kappa shape index (κ1) is 21.8. The highest BCUT2D eigenvalue weighted by atomic mass is 16.5. The van der Waals surface area contributed by atoms with Crippen molar-refractivity contribution in [2.45, 2.75) is 71.8 Å². The van der Waals surface area contributed by atoms with Gasteiger partial charge in [-0.1, -0.05) is 37.6 Å². The van der Waals surface area contributed by atoms with Crippen LogP contribution in [0.1, 0.15) is 65.7 Å². The average molecular weight is 373 g/mol. The minimum absolute atomic E-state index is 0.117. The Labute approximate surface area is 165 Å². The van der Waals surface area contributed by atoms with E-state index in [0.29, 0.717) is 24.2 Å². The molecule has 0 saturated heterocycles. The summed E-state index contributed by atoms with van der Waals surface area (Å²) in [6.45, 7) is 6.26. The molecule has 0 aromatic rings. The number of aliphatic hydroxyl groups is 1. The number of unbranched alkanes of at least 4 members (excludes halogenated alkanes) is 1. The van der Waals surface area contributed by atoms with Gasteiger partial charge >= 0.3 is 5.97 Å². The summed E-state index contributed by atoms with van der Waals surface area (Å²) >= 11 is 0.